The van der Waals surface area contributed by atoms with Crippen LogP contribution in [0.2, 0.25) is 0 Å². The third-order valence-corrected chi connectivity index (χ3v) is 4.90. The molecule has 2 aromatic heterocycles. The number of benzene rings is 1. The summed E-state index contributed by atoms with van der Waals surface area (Å²) in [6.07, 6.45) is 3.12. The van der Waals surface area contributed by atoms with Crippen molar-refractivity contribution < 1.29 is 4.79 Å². The van der Waals surface area contributed by atoms with E-state index in [1.54, 1.807) is 0 Å². The number of aryl methyl sites for hydroxylation is 3. The van der Waals surface area contributed by atoms with Gasteiger partial charge in [0.2, 0.25) is 5.13 Å². The van der Waals surface area contributed by atoms with Crippen LogP contribution in [0.5, 0.6) is 0 Å². The molecule has 1 amide bonds. The summed E-state index contributed by atoms with van der Waals surface area (Å²) < 4.78 is 0. The molecule has 2 N–H and O–H groups in total. The predicted octanol–water partition coefficient (Wildman–Crippen LogP) is 4.23. The summed E-state index contributed by atoms with van der Waals surface area (Å²) in [5.74, 6) is -0.150. The standard InChI is InChI=1S/C17H20N4OS/c1-4-5-6-15-20-21-17(23-15)19-16(22)12-7-8-14-13(9-12)10(2)11(3)18-14/h7-9,18H,4-6H2,1-3H3,(H,19,21,22). The SMILES string of the molecule is CCCCc1nnc(NC(=O)c2ccc3[nH]c(C)c(C)c3c2)s1. The van der Waals surface area contributed by atoms with Crippen LogP contribution in [0.15, 0.2) is 18.2 Å². The molecular formula is C17H20N4OS. The van der Waals surface area contributed by atoms with Crippen molar-refractivity contribution in [3.63, 3.8) is 0 Å². The van der Waals surface area contributed by atoms with Crippen LogP contribution in [0.1, 0.15) is 46.4 Å². The van der Waals surface area contributed by atoms with Crippen molar-refractivity contribution in [3.8, 4) is 0 Å². The smallest absolute Gasteiger partial charge is 0.257 e. The van der Waals surface area contributed by atoms with Gasteiger partial charge in [-0.25, -0.2) is 0 Å². The summed E-state index contributed by atoms with van der Waals surface area (Å²) >= 11 is 1.45. The van der Waals surface area contributed by atoms with Gasteiger partial charge in [0.05, 0.1) is 0 Å². The number of amides is 1. The minimum Gasteiger partial charge on any atom is -0.358 e. The van der Waals surface area contributed by atoms with Gasteiger partial charge in [-0.15, -0.1) is 10.2 Å². The molecule has 0 aliphatic carbocycles. The lowest BCUT2D eigenvalue weighted by molar-refractivity contribution is 0.102. The molecule has 6 heteroatoms. The Labute approximate surface area is 139 Å². The number of unbranched alkanes of at least 4 members (excludes halogenated alkanes) is 1. The molecule has 0 spiro atoms. The van der Waals surface area contributed by atoms with Crippen LogP contribution < -0.4 is 5.32 Å². The summed E-state index contributed by atoms with van der Waals surface area (Å²) in [6, 6.07) is 5.69. The van der Waals surface area contributed by atoms with Crippen molar-refractivity contribution in [2.45, 2.75) is 40.0 Å². The Morgan fingerprint density at radius 2 is 2.13 bits per heavy atom. The van der Waals surface area contributed by atoms with Gasteiger partial charge in [-0.2, -0.15) is 0 Å². The number of fused-ring (bicyclic) bond motifs is 1. The Morgan fingerprint density at radius 1 is 1.30 bits per heavy atom. The predicted molar refractivity (Wildman–Crippen MR) is 94.2 cm³/mol. The van der Waals surface area contributed by atoms with Crippen LogP contribution in [0, 0.1) is 13.8 Å². The van der Waals surface area contributed by atoms with E-state index in [1.807, 2.05) is 25.1 Å². The Kier molecular flexibility index (Phi) is 4.43. The zero-order chi connectivity index (χ0) is 16.4. The van der Waals surface area contributed by atoms with Gasteiger partial charge in [-0.1, -0.05) is 24.7 Å². The topological polar surface area (TPSA) is 70.7 Å². The number of aromatic nitrogens is 3. The largest absolute Gasteiger partial charge is 0.358 e. The number of H-pyrrole nitrogens is 1. The highest BCUT2D eigenvalue weighted by molar-refractivity contribution is 7.15. The fourth-order valence-corrected chi connectivity index (χ4v) is 3.28. The van der Waals surface area contributed by atoms with Gasteiger partial charge < -0.3 is 4.98 Å². The van der Waals surface area contributed by atoms with E-state index in [2.05, 4.69) is 34.3 Å². The molecule has 0 saturated heterocycles. The molecule has 23 heavy (non-hydrogen) atoms. The van der Waals surface area contributed by atoms with Crippen LogP contribution in [0.3, 0.4) is 0 Å². The lowest BCUT2D eigenvalue weighted by Gasteiger charge is -2.02. The summed E-state index contributed by atoms with van der Waals surface area (Å²) in [6.45, 7) is 6.24. The third-order valence-electron chi connectivity index (χ3n) is 4.00. The van der Waals surface area contributed by atoms with E-state index in [1.165, 1.54) is 16.9 Å². The van der Waals surface area contributed by atoms with Crippen LogP contribution in [0.4, 0.5) is 5.13 Å². The van der Waals surface area contributed by atoms with E-state index >= 15 is 0 Å². The molecule has 5 nitrogen and oxygen atoms in total. The van der Waals surface area contributed by atoms with Crippen molar-refractivity contribution in [1.29, 1.82) is 0 Å². The molecule has 3 aromatic rings. The third kappa shape index (κ3) is 3.27. The molecule has 3 rings (SSSR count). The summed E-state index contributed by atoms with van der Waals surface area (Å²) in [5, 5.41) is 13.6. The molecule has 0 atom stereocenters. The first kappa shape index (κ1) is 15.7. The van der Waals surface area contributed by atoms with Crippen LogP contribution in [0.25, 0.3) is 10.9 Å². The van der Waals surface area contributed by atoms with Gasteiger partial charge in [-0.3, -0.25) is 10.1 Å². The van der Waals surface area contributed by atoms with Gasteiger partial charge in [0, 0.05) is 28.6 Å². The lowest BCUT2D eigenvalue weighted by atomic mass is 10.1. The second-order valence-electron chi connectivity index (χ2n) is 5.69. The highest BCUT2D eigenvalue weighted by Crippen LogP contribution is 2.23. The number of hydrogen-bond acceptors (Lipinski definition) is 4. The molecule has 0 bridgehead atoms. The molecule has 0 radical (unpaired) electrons. The zero-order valence-corrected chi connectivity index (χ0v) is 14.4. The zero-order valence-electron chi connectivity index (χ0n) is 13.6. The molecule has 120 valence electrons. The van der Waals surface area contributed by atoms with Crippen molar-refractivity contribution >= 4 is 33.3 Å². The van der Waals surface area contributed by atoms with Crippen molar-refractivity contribution in [2.75, 3.05) is 5.32 Å². The maximum absolute atomic E-state index is 12.4. The molecule has 0 aliphatic rings. The molecule has 1 aromatic carbocycles. The van der Waals surface area contributed by atoms with Gasteiger partial charge in [-0.05, 0) is 44.0 Å². The number of carbonyl (C=O) groups is 1. The number of carbonyl (C=O) groups excluding carboxylic acids is 1. The number of nitrogens with zero attached hydrogens (tertiary/aromatic N) is 2. The average Bonchev–Trinajstić information content (AvgIpc) is 3.10. The second kappa shape index (κ2) is 6.50. The van der Waals surface area contributed by atoms with Gasteiger partial charge in [0.1, 0.15) is 5.01 Å². The summed E-state index contributed by atoms with van der Waals surface area (Å²) in [5.41, 5.74) is 3.98. The van der Waals surface area contributed by atoms with Crippen LogP contribution in [-0.4, -0.2) is 21.1 Å². The van der Waals surface area contributed by atoms with Crippen LogP contribution in [-0.2, 0) is 6.42 Å². The Morgan fingerprint density at radius 3 is 2.91 bits per heavy atom. The maximum atomic E-state index is 12.4. The van der Waals surface area contributed by atoms with E-state index in [4.69, 9.17) is 0 Å². The first-order valence-electron chi connectivity index (χ1n) is 7.81. The normalized spacial score (nSPS) is 11.1. The minimum atomic E-state index is -0.150. The highest BCUT2D eigenvalue weighted by Gasteiger charge is 2.12. The molecule has 0 fully saturated rings. The van der Waals surface area contributed by atoms with E-state index in [0.717, 1.165) is 40.9 Å². The van der Waals surface area contributed by atoms with Crippen molar-refractivity contribution in [1.82, 2.24) is 15.2 Å². The number of rotatable bonds is 5. The second-order valence-corrected chi connectivity index (χ2v) is 6.76. The van der Waals surface area contributed by atoms with E-state index in [-0.39, 0.29) is 5.91 Å². The molecular weight excluding hydrogens is 308 g/mol. The first-order chi connectivity index (χ1) is 11.1. The van der Waals surface area contributed by atoms with Crippen LogP contribution >= 0.6 is 11.3 Å². The average molecular weight is 328 g/mol. The maximum Gasteiger partial charge on any atom is 0.257 e. The number of aromatic amines is 1. The van der Waals surface area contributed by atoms with E-state index in [0.29, 0.717) is 10.7 Å². The Balaban J connectivity index is 1.77. The highest BCUT2D eigenvalue weighted by atomic mass is 32.1. The summed E-state index contributed by atoms with van der Waals surface area (Å²) in [7, 11) is 0. The molecule has 0 aliphatic heterocycles. The fourth-order valence-electron chi connectivity index (χ4n) is 2.50. The van der Waals surface area contributed by atoms with Gasteiger partial charge in [0.15, 0.2) is 0 Å². The fraction of sp³-hybridized carbons (Fsp3) is 0.353. The van der Waals surface area contributed by atoms with Gasteiger partial charge in [0.25, 0.3) is 5.91 Å². The Hall–Kier alpha value is -2.21. The molecule has 0 saturated carbocycles. The Bertz CT molecular complexity index is 850. The van der Waals surface area contributed by atoms with E-state index < -0.39 is 0 Å². The lowest BCUT2D eigenvalue weighted by Crippen LogP contribution is -2.11. The monoisotopic (exact) mass is 328 g/mol. The summed E-state index contributed by atoms with van der Waals surface area (Å²) in [4.78, 5) is 15.7. The van der Waals surface area contributed by atoms with Crippen molar-refractivity contribution in [3.05, 3.63) is 40.0 Å². The minimum absolute atomic E-state index is 0.150. The number of hydrogen-bond donors (Lipinski definition) is 2. The first-order valence-corrected chi connectivity index (χ1v) is 8.62. The number of anilines is 1. The number of nitrogens with one attached hydrogen (secondary N) is 2. The molecule has 0 unspecified atom stereocenters. The quantitative estimate of drug-likeness (QED) is 0.736. The van der Waals surface area contributed by atoms with E-state index in [9.17, 15) is 4.79 Å². The van der Waals surface area contributed by atoms with Crippen molar-refractivity contribution in [2.24, 2.45) is 0 Å². The molecule has 2 heterocycles. The van der Waals surface area contributed by atoms with Gasteiger partial charge >= 0.3 is 0 Å².